The molecule has 0 aromatic heterocycles. The van der Waals surface area contributed by atoms with Gasteiger partial charge in [0.25, 0.3) is 0 Å². The Morgan fingerprint density at radius 2 is 1.74 bits per heavy atom. The van der Waals surface area contributed by atoms with Crippen LogP contribution in [-0.2, 0) is 14.2 Å². The highest BCUT2D eigenvalue weighted by atomic mass is 16.7. The number of epoxide rings is 1. The van der Waals surface area contributed by atoms with Crippen LogP contribution in [0.25, 0.3) is 0 Å². The number of aliphatic hydroxyl groups is 5. The minimum absolute atomic E-state index is 0.251. The van der Waals surface area contributed by atoms with Gasteiger partial charge >= 0.3 is 0 Å². The van der Waals surface area contributed by atoms with E-state index >= 15 is 0 Å². The lowest BCUT2D eigenvalue weighted by Crippen LogP contribution is -2.59. The average Bonchev–Trinajstić information content (AvgIpc) is 3.19. The molecule has 156 valence electrons. The Bertz CT molecular complexity index is 578. The largest absolute Gasteiger partial charge is 0.394 e. The Hall–Kier alpha value is -0.580. The van der Waals surface area contributed by atoms with Crippen LogP contribution in [0.4, 0.5) is 0 Å². The molecule has 3 aliphatic rings. The molecule has 2 aliphatic heterocycles. The predicted molar refractivity (Wildman–Crippen MR) is 94.7 cm³/mol. The van der Waals surface area contributed by atoms with E-state index in [1.165, 1.54) is 0 Å². The van der Waals surface area contributed by atoms with Gasteiger partial charge in [-0.15, -0.1) is 0 Å². The minimum atomic E-state index is -1.47. The first kappa shape index (κ1) is 21.1. The summed E-state index contributed by atoms with van der Waals surface area (Å²) in [4.78, 5) is 0. The molecular weight excluding hydrogens is 356 g/mol. The quantitative estimate of drug-likeness (QED) is 0.313. The van der Waals surface area contributed by atoms with Crippen LogP contribution in [0.1, 0.15) is 40.5 Å². The molecule has 0 aromatic carbocycles. The van der Waals surface area contributed by atoms with Crippen LogP contribution in [0, 0.1) is 5.41 Å². The highest BCUT2D eigenvalue weighted by Gasteiger charge is 2.74. The minimum Gasteiger partial charge on any atom is -0.394 e. The normalized spacial score (nSPS) is 50.4. The van der Waals surface area contributed by atoms with Crippen LogP contribution < -0.4 is 0 Å². The van der Waals surface area contributed by atoms with Crippen LogP contribution in [-0.4, -0.2) is 86.3 Å². The van der Waals surface area contributed by atoms with Crippen molar-refractivity contribution in [2.45, 2.75) is 94.7 Å². The molecule has 27 heavy (non-hydrogen) atoms. The molecule has 0 aromatic rings. The molecule has 9 atom stereocenters. The Kier molecular flexibility index (Phi) is 5.51. The third kappa shape index (κ3) is 3.47. The monoisotopic (exact) mass is 388 g/mol. The first-order valence-corrected chi connectivity index (χ1v) is 9.50. The maximum Gasteiger partial charge on any atom is 0.187 e. The molecule has 8 nitrogen and oxygen atoms in total. The van der Waals surface area contributed by atoms with E-state index in [1.807, 2.05) is 19.1 Å². The summed E-state index contributed by atoms with van der Waals surface area (Å²) in [6.07, 6.45) is -2.39. The summed E-state index contributed by atoms with van der Waals surface area (Å²) in [5, 5.41) is 49.1. The summed E-state index contributed by atoms with van der Waals surface area (Å²) < 4.78 is 17.1. The first-order chi connectivity index (χ1) is 12.5. The van der Waals surface area contributed by atoms with E-state index in [2.05, 4.69) is 13.8 Å². The zero-order valence-electron chi connectivity index (χ0n) is 16.3. The second-order valence-electron chi connectivity index (χ2n) is 8.91. The van der Waals surface area contributed by atoms with E-state index in [-0.39, 0.29) is 5.41 Å². The van der Waals surface area contributed by atoms with Crippen LogP contribution >= 0.6 is 0 Å². The molecule has 2 saturated heterocycles. The van der Waals surface area contributed by atoms with Crippen molar-refractivity contribution in [3.8, 4) is 0 Å². The van der Waals surface area contributed by atoms with Crippen LogP contribution in [0.5, 0.6) is 0 Å². The van der Waals surface area contributed by atoms with Gasteiger partial charge in [0.15, 0.2) is 6.29 Å². The van der Waals surface area contributed by atoms with Gasteiger partial charge in [0, 0.05) is 11.8 Å². The second-order valence-corrected chi connectivity index (χ2v) is 8.91. The van der Waals surface area contributed by atoms with Crippen molar-refractivity contribution in [2.24, 2.45) is 5.41 Å². The Labute approximate surface area is 159 Å². The van der Waals surface area contributed by atoms with Crippen molar-refractivity contribution in [2.75, 3.05) is 6.61 Å². The smallest absolute Gasteiger partial charge is 0.187 e. The fourth-order valence-electron chi connectivity index (χ4n) is 4.78. The summed E-state index contributed by atoms with van der Waals surface area (Å²) in [7, 11) is 0. The third-order valence-electron chi connectivity index (χ3n) is 6.31. The topological polar surface area (TPSA) is 132 Å². The van der Waals surface area contributed by atoms with Gasteiger partial charge in [0.1, 0.15) is 35.6 Å². The number of hydrogen-bond donors (Lipinski definition) is 5. The molecule has 2 heterocycles. The van der Waals surface area contributed by atoms with Gasteiger partial charge in [0.05, 0.1) is 18.8 Å². The number of fused-ring (bicyclic) bond motifs is 1. The lowest BCUT2D eigenvalue weighted by Gasteiger charge is -2.40. The summed E-state index contributed by atoms with van der Waals surface area (Å²) in [6, 6.07) is 0. The zero-order valence-corrected chi connectivity index (χ0v) is 16.3. The number of rotatable bonds is 5. The van der Waals surface area contributed by atoms with E-state index < -0.39 is 60.7 Å². The van der Waals surface area contributed by atoms with Crippen molar-refractivity contribution < 1.29 is 39.7 Å². The molecule has 0 amide bonds. The lowest BCUT2D eigenvalue weighted by molar-refractivity contribution is -0.306. The van der Waals surface area contributed by atoms with E-state index in [0.29, 0.717) is 12.8 Å². The molecule has 8 heteroatoms. The fraction of sp³-hybridized carbons (Fsp3) is 0.895. The van der Waals surface area contributed by atoms with Crippen molar-refractivity contribution in [3.63, 3.8) is 0 Å². The van der Waals surface area contributed by atoms with Crippen molar-refractivity contribution in [1.82, 2.24) is 0 Å². The van der Waals surface area contributed by atoms with E-state index in [1.54, 1.807) is 6.92 Å². The van der Waals surface area contributed by atoms with Gasteiger partial charge in [-0.05, 0) is 20.3 Å². The average molecular weight is 388 g/mol. The molecule has 3 rings (SSSR count). The first-order valence-electron chi connectivity index (χ1n) is 9.50. The number of hydrogen-bond acceptors (Lipinski definition) is 8. The fourth-order valence-corrected chi connectivity index (χ4v) is 4.78. The van der Waals surface area contributed by atoms with Crippen LogP contribution in [0.15, 0.2) is 12.2 Å². The molecule has 0 unspecified atom stereocenters. The predicted octanol–water partition coefficient (Wildman–Crippen LogP) is -0.544. The van der Waals surface area contributed by atoms with Gasteiger partial charge in [-0.1, -0.05) is 26.0 Å². The molecule has 3 fully saturated rings. The molecule has 5 N–H and O–H groups in total. The molecule has 0 spiro atoms. The third-order valence-corrected chi connectivity index (χ3v) is 6.31. The molecule has 0 bridgehead atoms. The van der Waals surface area contributed by atoms with Gasteiger partial charge in [-0.2, -0.15) is 0 Å². The number of ether oxygens (including phenoxy) is 3. The summed E-state index contributed by atoms with van der Waals surface area (Å²) in [5.74, 6) is 0. The maximum atomic E-state index is 10.1. The SMILES string of the molecule is C[C@H](/C=C/[C@]12O[C@@]1(C)C[C@@H](O)CC2(C)C)O[C@@H]1O[C@H](CO)[C@@H](O)[C@H](O)[C@H]1O. The zero-order chi connectivity index (χ0) is 20.2. The summed E-state index contributed by atoms with van der Waals surface area (Å²) in [5.41, 5.74) is -1.17. The second kappa shape index (κ2) is 7.03. The highest BCUT2D eigenvalue weighted by molar-refractivity contribution is 5.32. The Balaban J connectivity index is 1.67. The van der Waals surface area contributed by atoms with Crippen molar-refractivity contribution >= 4 is 0 Å². The Morgan fingerprint density at radius 1 is 1.07 bits per heavy atom. The molecule has 1 saturated carbocycles. The lowest BCUT2D eigenvalue weighted by atomic mass is 9.63. The van der Waals surface area contributed by atoms with E-state index in [0.717, 1.165) is 0 Å². The summed E-state index contributed by atoms with van der Waals surface area (Å²) >= 11 is 0. The van der Waals surface area contributed by atoms with E-state index in [9.17, 15) is 25.5 Å². The molecule has 1 aliphatic carbocycles. The van der Waals surface area contributed by atoms with Gasteiger partial charge < -0.3 is 39.7 Å². The van der Waals surface area contributed by atoms with Gasteiger partial charge in [0.2, 0.25) is 0 Å². The molecule has 0 radical (unpaired) electrons. The van der Waals surface area contributed by atoms with Crippen molar-refractivity contribution in [3.05, 3.63) is 12.2 Å². The van der Waals surface area contributed by atoms with E-state index in [4.69, 9.17) is 14.2 Å². The summed E-state index contributed by atoms with van der Waals surface area (Å²) in [6.45, 7) is 7.38. The van der Waals surface area contributed by atoms with Crippen LogP contribution in [0.2, 0.25) is 0 Å². The van der Waals surface area contributed by atoms with Gasteiger partial charge in [-0.25, -0.2) is 0 Å². The van der Waals surface area contributed by atoms with Crippen LogP contribution in [0.3, 0.4) is 0 Å². The maximum absolute atomic E-state index is 10.1. The van der Waals surface area contributed by atoms with Crippen molar-refractivity contribution in [1.29, 1.82) is 0 Å². The number of aliphatic hydroxyl groups excluding tert-OH is 5. The van der Waals surface area contributed by atoms with Gasteiger partial charge in [-0.3, -0.25) is 0 Å². The molecular formula is C19H32O8. The highest BCUT2D eigenvalue weighted by Crippen LogP contribution is 2.66. The standard InChI is InChI=1S/C19H32O8/c1-10(25-16-15(24)14(23)13(22)12(9-20)26-16)5-6-19-17(2,3)7-11(21)8-18(19,4)27-19/h5-6,10-16,20-24H,7-9H2,1-4H3/b6-5+/t10-,11+,12-,13-,14+,15-,16-,18+,19-/m1/s1. The Morgan fingerprint density at radius 3 is 2.33 bits per heavy atom.